The third kappa shape index (κ3) is 4.21. The van der Waals surface area contributed by atoms with Crippen molar-refractivity contribution in [2.75, 3.05) is 6.61 Å². The average Bonchev–Trinajstić information content (AvgIpc) is 2.84. The van der Waals surface area contributed by atoms with Gasteiger partial charge in [-0.25, -0.2) is 0 Å². The summed E-state index contributed by atoms with van der Waals surface area (Å²) in [4.78, 5) is 0. The summed E-state index contributed by atoms with van der Waals surface area (Å²) in [5, 5.41) is 0. The molecule has 1 aromatic rings. The van der Waals surface area contributed by atoms with Crippen LogP contribution in [0.4, 0.5) is 0 Å². The van der Waals surface area contributed by atoms with Gasteiger partial charge in [0.25, 0.3) is 0 Å². The molecule has 0 aliphatic carbocycles. The molecule has 2 atom stereocenters. The van der Waals surface area contributed by atoms with E-state index in [2.05, 4.69) is 61.2 Å². The molecule has 118 valence electrons. The lowest BCUT2D eigenvalue weighted by Crippen LogP contribution is -2.39. The normalized spacial score (nSPS) is 17.2. The van der Waals surface area contributed by atoms with Crippen LogP contribution in [0.15, 0.2) is 16.6 Å². The number of hydrazine groups is 1. The van der Waals surface area contributed by atoms with Crippen LogP contribution in [0.3, 0.4) is 0 Å². The highest BCUT2D eigenvalue weighted by Gasteiger charge is 2.25. The van der Waals surface area contributed by atoms with Gasteiger partial charge in [-0.3, -0.25) is 11.3 Å². The minimum absolute atomic E-state index is 0.266. The van der Waals surface area contributed by atoms with Gasteiger partial charge in [-0.2, -0.15) is 0 Å². The zero-order chi connectivity index (χ0) is 15.6. The molecular formula is C17H27BrN2O. The van der Waals surface area contributed by atoms with E-state index in [9.17, 15) is 0 Å². The SMILES string of the molecule is CC(CC(Cc1cc(Br)cc2c1OCC2)NN)C(C)(C)C. The van der Waals surface area contributed by atoms with E-state index in [1.165, 1.54) is 11.1 Å². The number of nitrogens with two attached hydrogens (primary N) is 1. The van der Waals surface area contributed by atoms with Gasteiger partial charge in [0.1, 0.15) is 5.75 Å². The monoisotopic (exact) mass is 354 g/mol. The lowest BCUT2D eigenvalue weighted by Gasteiger charge is -2.30. The minimum atomic E-state index is 0.266. The van der Waals surface area contributed by atoms with Gasteiger partial charge in [0.15, 0.2) is 0 Å². The summed E-state index contributed by atoms with van der Waals surface area (Å²) in [6.07, 6.45) is 2.96. The molecule has 0 spiro atoms. The number of rotatable bonds is 5. The van der Waals surface area contributed by atoms with E-state index in [-0.39, 0.29) is 6.04 Å². The summed E-state index contributed by atoms with van der Waals surface area (Å²) in [5.74, 6) is 7.46. The number of hydrogen-bond acceptors (Lipinski definition) is 3. The maximum atomic E-state index is 5.81. The summed E-state index contributed by atoms with van der Waals surface area (Å²) in [6.45, 7) is 9.94. The highest BCUT2D eigenvalue weighted by molar-refractivity contribution is 9.10. The Morgan fingerprint density at radius 3 is 2.71 bits per heavy atom. The standard InChI is InChI=1S/C17H27BrN2O/c1-11(17(2,3)4)7-15(20-19)10-13-9-14(18)8-12-5-6-21-16(12)13/h8-9,11,15,20H,5-7,10,19H2,1-4H3. The lowest BCUT2D eigenvalue weighted by molar-refractivity contribution is 0.222. The van der Waals surface area contributed by atoms with Gasteiger partial charge in [-0.05, 0) is 47.4 Å². The molecule has 2 unspecified atom stereocenters. The Bertz CT molecular complexity index is 496. The summed E-state index contributed by atoms with van der Waals surface area (Å²) in [5.41, 5.74) is 5.85. The Morgan fingerprint density at radius 1 is 1.38 bits per heavy atom. The Labute approximate surface area is 136 Å². The molecule has 4 heteroatoms. The van der Waals surface area contributed by atoms with Gasteiger partial charge < -0.3 is 4.74 Å². The van der Waals surface area contributed by atoms with Crippen molar-refractivity contribution >= 4 is 15.9 Å². The Kier molecular flexibility index (Phi) is 5.33. The molecule has 21 heavy (non-hydrogen) atoms. The molecule has 3 N–H and O–H groups in total. The van der Waals surface area contributed by atoms with Crippen molar-refractivity contribution in [2.45, 2.75) is 53.0 Å². The van der Waals surface area contributed by atoms with Crippen LogP contribution in [0.2, 0.25) is 0 Å². The second kappa shape index (κ2) is 6.67. The maximum absolute atomic E-state index is 5.81. The van der Waals surface area contributed by atoms with E-state index in [0.29, 0.717) is 11.3 Å². The van der Waals surface area contributed by atoms with E-state index in [1.807, 2.05) is 0 Å². The van der Waals surface area contributed by atoms with Gasteiger partial charge in [0, 0.05) is 16.9 Å². The smallest absolute Gasteiger partial charge is 0.125 e. The molecule has 1 aliphatic rings. The second-order valence-corrected chi connectivity index (χ2v) is 8.14. The summed E-state index contributed by atoms with van der Waals surface area (Å²) >= 11 is 3.60. The Morgan fingerprint density at radius 2 is 2.10 bits per heavy atom. The van der Waals surface area contributed by atoms with E-state index >= 15 is 0 Å². The first kappa shape index (κ1) is 16.8. The maximum Gasteiger partial charge on any atom is 0.125 e. The van der Waals surface area contributed by atoms with Crippen molar-refractivity contribution in [1.82, 2.24) is 5.43 Å². The van der Waals surface area contributed by atoms with Crippen LogP contribution in [0.25, 0.3) is 0 Å². The predicted octanol–water partition coefficient (Wildman–Crippen LogP) is 3.83. The van der Waals surface area contributed by atoms with E-state index < -0.39 is 0 Å². The first-order valence-electron chi connectivity index (χ1n) is 7.71. The van der Waals surface area contributed by atoms with Crippen molar-refractivity contribution in [3.8, 4) is 5.75 Å². The largest absolute Gasteiger partial charge is 0.493 e. The van der Waals surface area contributed by atoms with Crippen molar-refractivity contribution in [3.63, 3.8) is 0 Å². The van der Waals surface area contributed by atoms with Crippen LogP contribution >= 0.6 is 15.9 Å². The van der Waals surface area contributed by atoms with Crippen molar-refractivity contribution in [3.05, 3.63) is 27.7 Å². The fourth-order valence-corrected chi connectivity index (χ4v) is 3.31. The van der Waals surface area contributed by atoms with Crippen LogP contribution in [-0.2, 0) is 12.8 Å². The van der Waals surface area contributed by atoms with Crippen LogP contribution in [0.5, 0.6) is 5.75 Å². The number of ether oxygens (including phenoxy) is 1. The molecular weight excluding hydrogens is 328 g/mol. The molecule has 1 heterocycles. The lowest BCUT2D eigenvalue weighted by atomic mass is 9.78. The molecule has 0 fully saturated rings. The second-order valence-electron chi connectivity index (χ2n) is 7.22. The highest BCUT2D eigenvalue weighted by atomic mass is 79.9. The zero-order valence-corrected chi connectivity index (χ0v) is 15.1. The van der Waals surface area contributed by atoms with E-state index in [0.717, 1.165) is 36.1 Å². The van der Waals surface area contributed by atoms with Crippen LogP contribution in [0.1, 0.15) is 45.2 Å². The molecule has 1 aromatic carbocycles. The van der Waals surface area contributed by atoms with Crippen LogP contribution in [-0.4, -0.2) is 12.6 Å². The molecule has 0 bridgehead atoms. The summed E-state index contributed by atoms with van der Waals surface area (Å²) < 4.78 is 6.94. The van der Waals surface area contributed by atoms with Gasteiger partial charge in [0.2, 0.25) is 0 Å². The third-order valence-corrected chi connectivity index (χ3v) is 5.10. The fourth-order valence-electron chi connectivity index (χ4n) is 2.75. The first-order valence-corrected chi connectivity index (χ1v) is 8.50. The number of fused-ring (bicyclic) bond motifs is 1. The quantitative estimate of drug-likeness (QED) is 0.623. The molecule has 2 rings (SSSR count). The molecule has 0 amide bonds. The highest BCUT2D eigenvalue weighted by Crippen LogP contribution is 2.35. The van der Waals surface area contributed by atoms with Crippen molar-refractivity contribution in [2.24, 2.45) is 17.2 Å². The molecule has 1 aliphatic heterocycles. The van der Waals surface area contributed by atoms with E-state index in [1.54, 1.807) is 0 Å². The van der Waals surface area contributed by atoms with Crippen LogP contribution < -0.4 is 16.0 Å². The molecule has 0 saturated heterocycles. The fraction of sp³-hybridized carbons (Fsp3) is 0.647. The Hall–Kier alpha value is -0.580. The van der Waals surface area contributed by atoms with E-state index in [4.69, 9.17) is 10.6 Å². The number of hydrogen-bond donors (Lipinski definition) is 2. The number of halogens is 1. The average molecular weight is 355 g/mol. The van der Waals surface area contributed by atoms with Gasteiger partial charge in [-0.15, -0.1) is 0 Å². The van der Waals surface area contributed by atoms with Gasteiger partial charge in [-0.1, -0.05) is 43.6 Å². The summed E-state index contributed by atoms with van der Waals surface area (Å²) in [7, 11) is 0. The summed E-state index contributed by atoms with van der Waals surface area (Å²) in [6, 6.07) is 4.59. The third-order valence-electron chi connectivity index (χ3n) is 4.64. The Balaban J connectivity index is 2.12. The zero-order valence-electron chi connectivity index (χ0n) is 13.5. The van der Waals surface area contributed by atoms with Crippen LogP contribution in [0, 0.1) is 11.3 Å². The molecule has 0 aromatic heterocycles. The van der Waals surface area contributed by atoms with Gasteiger partial charge >= 0.3 is 0 Å². The molecule has 0 radical (unpaired) electrons. The van der Waals surface area contributed by atoms with Crippen molar-refractivity contribution in [1.29, 1.82) is 0 Å². The minimum Gasteiger partial charge on any atom is -0.493 e. The number of nitrogens with one attached hydrogen (secondary N) is 1. The predicted molar refractivity (Wildman–Crippen MR) is 91.4 cm³/mol. The first-order chi connectivity index (χ1) is 9.81. The molecule has 3 nitrogen and oxygen atoms in total. The molecule has 0 saturated carbocycles. The van der Waals surface area contributed by atoms with Crippen molar-refractivity contribution < 1.29 is 4.74 Å². The topological polar surface area (TPSA) is 47.3 Å². The number of benzene rings is 1. The van der Waals surface area contributed by atoms with Gasteiger partial charge in [0.05, 0.1) is 6.61 Å².